The normalized spacial score (nSPS) is 12.4. The van der Waals surface area contributed by atoms with Crippen LogP contribution < -0.4 is 5.32 Å². The molecule has 0 aromatic carbocycles. The average molecular weight is 286 g/mol. The summed E-state index contributed by atoms with van der Waals surface area (Å²) in [6, 6.07) is -0.247. The summed E-state index contributed by atoms with van der Waals surface area (Å²) < 4.78 is 10.3. The molecule has 1 atom stereocenters. The number of carbonyl (C=O) groups is 1. The second-order valence-corrected chi connectivity index (χ2v) is 5.20. The number of nitrogens with zero attached hydrogens (tertiary/aromatic N) is 1. The highest BCUT2D eigenvalue weighted by Crippen LogP contribution is 2.18. The van der Waals surface area contributed by atoms with Gasteiger partial charge in [-0.15, -0.1) is 0 Å². The third kappa shape index (κ3) is 6.11. The van der Waals surface area contributed by atoms with Crippen molar-refractivity contribution in [1.29, 1.82) is 0 Å². The molecule has 1 N–H and O–H groups in total. The number of nitrogens with one attached hydrogen (secondary N) is 1. The summed E-state index contributed by atoms with van der Waals surface area (Å²) in [6.07, 6.45) is 3.31. The Kier molecular flexibility index (Phi) is 7.59. The van der Waals surface area contributed by atoms with E-state index in [1.807, 2.05) is 13.8 Å². The fourth-order valence-corrected chi connectivity index (χ4v) is 2.38. The summed E-state index contributed by atoms with van der Waals surface area (Å²) in [7, 11) is 0. The summed E-state index contributed by atoms with van der Waals surface area (Å²) in [5, 5.41) is 3.86. The monoisotopic (exact) mass is 286 g/mol. The predicted molar refractivity (Wildman–Crippen MR) is 75.3 cm³/mol. The van der Waals surface area contributed by atoms with Gasteiger partial charge in [-0.3, -0.25) is 4.79 Å². The van der Waals surface area contributed by atoms with Gasteiger partial charge < -0.3 is 14.5 Å². The number of esters is 1. The van der Waals surface area contributed by atoms with Crippen molar-refractivity contribution in [3.05, 3.63) is 12.0 Å². The molecule has 6 heteroatoms. The number of thioether (sulfide) groups is 1. The molecule has 0 amide bonds. The predicted octanol–water partition coefficient (Wildman–Crippen LogP) is 2.40. The van der Waals surface area contributed by atoms with Crippen molar-refractivity contribution in [3.8, 4) is 0 Å². The van der Waals surface area contributed by atoms with Gasteiger partial charge in [-0.1, -0.05) is 18.7 Å². The molecule has 1 aromatic heterocycles. The summed E-state index contributed by atoms with van der Waals surface area (Å²) in [6.45, 7) is 7.00. The van der Waals surface area contributed by atoms with Crippen molar-refractivity contribution in [3.63, 3.8) is 0 Å². The minimum absolute atomic E-state index is 0.180. The number of ether oxygens (including phenoxy) is 1. The van der Waals surface area contributed by atoms with Crippen molar-refractivity contribution >= 4 is 17.7 Å². The Balaban J connectivity index is 2.36. The lowest BCUT2D eigenvalue weighted by Crippen LogP contribution is -2.39. The zero-order valence-corrected chi connectivity index (χ0v) is 12.6. The largest absolute Gasteiger partial charge is 0.465 e. The molecule has 1 heterocycles. The molecule has 0 bridgehead atoms. The number of aromatic nitrogens is 1. The SMILES string of the molecule is CCCNC(CCSc1nc(C)co1)C(=O)OCC. The minimum Gasteiger partial charge on any atom is -0.465 e. The average Bonchev–Trinajstić information content (AvgIpc) is 2.79. The van der Waals surface area contributed by atoms with Gasteiger partial charge in [-0.25, -0.2) is 4.98 Å². The Labute approximate surface area is 118 Å². The van der Waals surface area contributed by atoms with Crippen LogP contribution in [-0.2, 0) is 9.53 Å². The van der Waals surface area contributed by atoms with Gasteiger partial charge in [-0.2, -0.15) is 0 Å². The standard InChI is InChI=1S/C13H22N2O3S/c1-4-7-14-11(12(16)17-5-2)6-8-19-13-15-10(3)9-18-13/h9,11,14H,4-8H2,1-3H3. The first kappa shape index (κ1) is 16.0. The lowest BCUT2D eigenvalue weighted by molar-refractivity contribution is -0.145. The van der Waals surface area contributed by atoms with Crippen molar-refractivity contribution in [2.45, 2.75) is 44.9 Å². The number of oxazole rings is 1. The highest BCUT2D eigenvalue weighted by molar-refractivity contribution is 7.99. The van der Waals surface area contributed by atoms with Crippen LogP contribution >= 0.6 is 11.8 Å². The van der Waals surface area contributed by atoms with Crippen molar-refractivity contribution in [2.75, 3.05) is 18.9 Å². The fraction of sp³-hybridized carbons (Fsp3) is 0.692. The van der Waals surface area contributed by atoms with Crippen LogP contribution in [-0.4, -0.2) is 35.9 Å². The Bertz CT molecular complexity index is 382. The van der Waals surface area contributed by atoms with Gasteiger partial charge in [0.05, 0.1) is 12.3 Å². The minimum atomic E-state index is -0.247. The van der Waals surface area contributed by atoms with Crippen LogP contribution in [0.15, 0.2) is 15.9 Å². The molecule has 0 aliphatic carbocycles. The second kappa shape index (κ2) is 8.98. The molecule has 19 heavy (non-hydrogen) atoms. The molecule has 0 spiro atoms. The lowest BCUT2D eigenvalue weighted by atomic mass is 10.2. The topological polar surface area (TPSA) is 64.4 Å². The van der Waals surface area contributed by atoms with Gasteiger partial charge in [-0.05, 0) is 33.2 Å². The molecular formula is C13H22N2O3S. The van der Waals surface area contributed by atoms with Crippen LogP contribution in [0, 0.1) is 6.92 Å². The third-order valence-corrected chi connectivity index (χ3v) is 3.32. The fourth-order valence-electron chi connectivity index (χ4n) is 1.53. The Morgan fingerprint density at radius 3 is 2.95 bits per heavy atom. The van der Waals surface area contributed by atoms with Gasteiger partial charge in [0.25, 0.3) is 5.22 Å². The molecule has 1 aromatic rings. The maximum atomic E-state index is 11.8. The smallest absolute Gasteiger partial charge is 0.323 e. The second-order valence-electron chi connectivity index (χ2n) is 4.15. The van der Waals surface area contributed by atoms with Crippen LogP contribution in [0.25, 0.3) is 0 Å². The summed E-state index contributed by atoms with van der Waals surface area (Å²) in [4.78, 5) is 16.0. The highest BCUT2D eigenvalue weighted by Gasteiger charge is 2.18. The maximum Gasteiger partial charge on any atom is 0.323 e. The number of hydrogen-bond acceptors (Lipinski definition) is 6. The molecule has 0 fully saturated rings. The van der Waals surface area contributed by atoms with E-state index in [4.69, 9.17) is 9.15 Å². The zero-order chi connectivity index (χ0) is 14.1. The van der Waals surface area contributed by atoms with E-state index in [1.54, 1.807) is 6.26 Å². The Hall–Kier alpha value is -1.01. The summed E-state index contributed by atoms with van der Waals surface area (Å²) in [5.74, 6) is 0.584. The molecule has 1 rings (SSSR count). The first-order valence-corrected chi connectivity index (χ1v) is 7.60. The van der Waals surface area contributed by atoms with E-state index >= 15 is 0 Å². The van der Waals surface area contributed by atoms with E-state index in [-0.39, 0.29) is 12.0 Å². The summed E-state index contributed by atoms with van der Waals surface area (Å²) >= 11 is 1.51. The van der Waals surface area contributed by atoms with Gasteiger partial charge >= 0.3 is 5.97 Å². The van der Waals surface area contributed by atoms with E-state index in [9.17, 15) is 4.79 Å². The molecule has 108 valence electrons. The number of rotatable bonds is 9. The van der Waals surface area contributed by atoms with E-state index < -0.39 is 0 Å². The maximum absolute atomic E-state index is 11.8. The van der Waals surface area contributed by atoms with Crippen molar-refractivity contribution in [1.82, 2.24) is 10.3 Å². The van der Waals surface area contributed by atoms with Crippen molar-refractivity contribution < 1.29 is 13.9 Å². The molecule has 0 radical (unpaired) electrons. The van der Waals surface area contributed by atoms with E-state index in [0.717, 1.165) is 24.4 Å². The van der Waals surface area contributed by atoms with Crippen LogP contribution in [0.4, 0.5) is 0 Å². The molecule has 0 aliphatic rings. The van der Waals surface area contributed by atoms with E-state index in [2.05, 4.69) is 17.2 Å². The van der Waals surface area contributed by atoms with Gasteiger partial charge in [0.2, 0.25) is 0 Å². The number of aryl methyl sites for hydroxylation is 1. The van der Waals surface area contributed by atoms with Crippen LogP contribution in [0.2, 0.25) is 0 Å². The first-order valence-electron chi connectivity index (χ1n) is 6.62. The number of carbonyl (C=O) groups excluding carboxylic acids is 1. The zero-order valence-electron chi connectivity index (χ0n) is 11.8. The van der Waals surface area contributed by atoms with Crippen LogP contribution in [0.5, 0.6) is 0 Å². The molecule has 0 saturated carbocycles. The Morgan fingerprint density at radius 2 is 2.37 bits per heavy atom. The number of hydrogen-bond donors (Lipinski definition) is 1. The molecule has 1 unspecified atom stereocenters. The highest BCUT2D eigenvalue weighted by atomic mass is 32.2. The van der Waals surface area contributed by atoms with Crippen LogP contribution in [0.1, 0.15) is 32.4 Å². The summed E-state index contributed by atoms with van der Waals surface area (Å²) in [5.41, 5.74) is 0.869. The quantitative estimate of drug-likeness (QED) is 0.555. The van der Waals surface area contributed by atoms with Crippen molar-refractivity contribution in [2.24, 2.45) is 0 Å². The van der Waals surface area contributed by atoms with E-state index in [1.165, 1.54) is 11.8 Å². The molecular weight excluding hydrogens is 264 g/mol. The lowest BCUT2D eigenvalue weighted by Gasteiger charge is -2.16. The Morgan fingerprint density at radius 1 is 1.58 bits per heavy atom. The van der Waals surface area contributed by atoms with Gasteiger partial charge in [0, 0.05) is 5.75 Å². The molecule has 5 nitrogen and oxygen atoms in total. The molecule has 0 aliphatic heterocycles. The van der Waals surface area contributed by atoms with E-state index in [0.29, 0.717) is 18.3 Å². The third-order valence-electron chi connectivity index (χ3n) is 2.44. The first-order chi connectivity index (χ1) is 9.17. The molecule has 0 saturated heterocycles. The van der Waals surface area contributed by atoms with Crippen LogP contribution in [0.3, 0.4) is 0 Å². The van der Waals surface area contributed by atoms with Gasteiger partial charge in [0.1, 0.15) is 12.3 Å². The van der Waals surface area contributed by atoms with Gasteiger partial charge in [0.15, 0.2) is 0 Å².